The molecular formula is C15H12N2O4S. The maximum absolute atomic E-state index is 12.8. The van der Waals surface area contributed by atoms with Gasteiger partial charge in [0.2, 0.25) is 0 Å². The lowest BCUT2D eigenvalue weighted by Gasteiger charge is -2.09. The number of carboxylic acids is 1. The lowest BCUT2D eigenvalue weighted by Crippen LogP contribution is -2.18. The minimum Gasteiger partial charge on any atom is -0.477 e. The molecule has 0 fully saturated rings. The molecule has 2 aromatic heterocycles. The molecule has 7 heteroatoms. The predicted octanol–water partition coefficient (Wildman–Crippen LogP) is 2.28. The van der Waals surface area contributed by atoms with E-state index in [-0.39, 0.29) is 16.2 Å². The van der Waals surface area contributed by atoms with E-state index in [1.807, 2.05) is 6.92 Å². The molecule has 1 aromatic carbocycles. The van der Waals surface area contributed by atoms with Crippen LogP contribution in [0.4, 0.5) is 0 Å². The van der Waals surface area contributed by atoms with Gasteiger partial charge in [0.05, 0.1) is 4.90 Å². The molecule has 3 aromatic rings. The van der Waals surface area contributed by atoms with Crippen molar-refractivity contribution in [3.8, 4) is 0 Å². The second-order valence-corrected chi connectivity index (χ2v) is 6.62. The molecule has 0 unspecified atom stereocenters. The molecule has 0 saturated heterocycles. The number of fused-ring (bicyclic) bond motifs is 1. The Labute approximate surface area is 126 Å². The van der Waals surface area contributed by atoms with Gasteiger partial charge in [-0.3, -0.25) is 0 Å². The van der Waals surface area contributed by atoms with E-state index < -0.39 is 16.0 Å². The van der Waals surface area contributed by atoms with E-state index in [0.717, 1.165) is 9.54 Å². The van der Waals surface area contributed by atoms with Crippen molar-refractivity contribution in [2.45, 2.75) is 11.8 Å². The van der Waals surface area contributed by atoms with E-state index in [1.54, 1.807) is 24.3 Å². The molecule has 0 aliphatic rings. The van der Waals surface area contributed by atoms with Crippen LogP contribution in [0.25, 0.3) is 11.0 Å². The SMILES string of the molecule is Cc1ccc(S(=O)(=O)n2c(C(=O)O)cc3cccnc32)cc1. The Morgan fingerprint density at radius 1 is 1.18 bits per heavy atom. The zero-order valence-electron chi connectivity index (χ0n) is 11.6. The standard InChI is InChI=1S/C15H12N2O4S/c1-10-4-6-12(7-5-10)22(20,21)17-13(15(18)19)9-11-3-2-8-16-14(11)17/h2-9H,1H3,(H,18,19). The summed E-state index contributed by atoms with van der Waals surface area (Å²) in [5.74, 6) is -1.33. The van der Waals surface area contributed by atoms with Gasteiger partial charge in [-0.1, -0.05) is 17.7 Å². The number of nitrogens with zero attached hydrogens (tertiary/aromatic N) is 2. The normalized spacial score (nSPS) is 11.7. The molecular weight excluding hydrogens is 304 g/mol. The van der Waals surface area contributed by atoms with Crippen LogP contribution in [-0.4, -0.2) is 28.5 Å². The van der Waals surface area contributed by atoms with Gasteiger partial charge in [-0.05, 0) is 37.3 Å². The third kappa shape index (κ3) is 2.15. The predicted molar refractivity (Wildman–Crippen MR) is 80.5 cm³/mol. The third-order valence-electron chi connectivity index (χ3n) is 3.30. The first-order valence-corrected chi connectivity index (χ1v) is 7.87. The molecule has 0 spiro atoms. The molecule has 0 amide bonds. The Hall–Kier alpha value is -2.67. The van der Waals surface area contributed by atoms with Gasteiger partial charge in [0.15, 0.2) is 5.65 Å². The summed E-state index contributed by atoms with van der Waals surface area (Å²) in [5, 5.41) is 9.76. The minimum atomic E-state index is -4.04. The van der Waals surface area contributed by atoms with Gasteiger partial charge >= 0.3 is 5.97 Å². The Morgan fingerprint density at radius 3 is 2.50 bits per heavy atom. The number of benzene rings is 1. The number of aromatic carboxylic acids is 1. The molecule has 1 N–H and O–H groups in total. The average molecular weight is 316 g/mol. The zero-order valence-corrected chi connectivity index (χ0v) is 12.4. The van der Waals surface area contributed by atoms with Gasteiger partial charge in [-0.2, -0.15) is 0 Å². The molecule has 0 aliphatic carbocycles. The largest absolute Gasteiger partial charge is 0.477 e. The fourth-order valence-electron chi connectivity index (χ4n) is 2.22. The van der Waals surface area contributed by atoms with Crippen molar-refractivity contribution in [1.82, 2.24) is 8.96 Å². The first-order valence-electron chi connectivity index (χ1n) is 6.43. The van der Waals surface area contributed by atoms with Gasteiger partial charge in [-0.15, -0.1) is 0 Å². The number of pyridine rings is 1. The van der Waals surface area contributed by atoms with Gasteiger partial charge in [0.1, 0.15) is 5.69 Å². The van der Waals surface area contributed by atoms with Gasteiger partial charge in [0.25, 0.3) is 10.0 Å². The fraction of sp³-hybridized carbons (Fsp3) is 0.0667. The van der Waals surface area contributed by atoms with E-state index in [4.69, 9.17) is 0 Å². The van der Waals surface area contributed by atoms with E-state index in [0.29, 0.717) is 5.39 Å². The van der Waals surface area contributed by atoms with Crippen LogP contribution < -0.4 is 0 Å². The second kappa shape index (κ2) is 4.96. The highest BCUT2D eigenvalue weighted by Gasteiger charge is 2.26. The molecule has 0 bridgehead atoms. The maximum Gasteiger partial charge on any atom is 0.353 e. The molecule has 22 heavy (non-hydrogen) atoms. The Morgan fingerprint density at radius 2 is 1.86 bits per heavy atom. The summed E-state index contributed by atoms with van der Waals surface area (Å²) >= 11 is 0. The smallest absolute Gasteiger partial charge is 0.353 e. The monoisotopic (exact) mass is 316 g/mol. The number of hydrogen-bond acceptors (Lipinski definition) is 4. The zero-order chi connectivity index (χ0) is 15.9. The summed E-state index contributed by atoms with van der Waals surface area (Å²) < 4.78 is 26.4. The molecule has 0 atom stereocenters. The number of aromatic nitrogens is 2. The van der Waals surface area contributed by atoms with Crippen LogP contribution in [-0.2, 0) is 10.0 Å². The van der Waals surface area contributed by atoms with Crippen LogP contribution in [0.3, 0.4) is 0 Å². The van der Waals surface area contributed by atoms with Crippen molar-refractivity contribution in [2.24, 2.45) is 0 Å². The minimum absolute atomic E-state index is 0.0174. The van der Waals surface area contributed by atoms with Crippen LogP contribution in [0.1, 0.15) is 16.1 Å². The van der Waals surface area contributed by atoms with Crippen molar-refractivity contribution < 1.29 is 18.3 Å². The summed E-state index contributed by atoms with van der Waals surface area (Å²) in [7, 11) is -4.04. The second-order valence-electron chi connectivity index (χ2n) is 4.83. The molecule has 0 aliphatic heterocycles. The lowest BCUT2D eigenvalue weighted by atomic mass is 10.2. The lowest BCUT2D eigenvalue weighted by molar-refractivity contribution is 0.0689. The Bertz CT molecular complexity index is 972. The topological polar surface area (TPSA) is 89.3 Å². The van der Waals surface area contributed by atoms with E-state index in [9.17, 15) is 18.3 Å². The van der Waals surface area contributed by atoms with Crippen LogP contribution in [0.2, 0.25) is 0 Å². The third-order valence-corrected chi connectivity index (χ3v) is 5.02. The maximum atomic E-state index is 12.8. The molecule has 6 nitrogen and oxygen atoms in total. The number of carboxylic acid groups (broad SMARTS) is 1. The average Bonchev–Trinajstić information content (AvgIpc) is 2.88. The first-order chi connectivity index (χ1) is 10.4. The summed E-state index contributed by atoms with van der Waals surface area (Å²) in [5.41, 5.74) is 0.669. The van der Waals surface area contributed by atoms with Gasteiger partial charge < -0.3 is 5.11 Å². The number of carbonyl (C=O) groups is 1. The highest BCUT2D eigenvalue weighted by atomic mass is 32.2. The van der Waals surface area contributed by atoms with Gasteiger partial charge in [0, 0.05) is 11.6 Å². The van der Waals surface area contributed by atoms with Crippen LogP contribution >= 0.6 is 0 Å². The summed E-state index contributed by atoms with van der Waals surface area (Å²) in [6, 6.07) is 10.8. The summed E-state index contributed by atoms with van der Waals surface area (Å²) in [6.07, 6.45) is 1.43. The highest BCUT2D eigenvalue weighted by molar-refractivity contribution is 7.90. The molecule has 0 saturated carbocycles. The van der Waals surface area contributed by atoms with Crippen molar-refractivity contribution in [2.75, 3.05) is 0 Å². The molecule has 0 radical (unpaired) electrons. The van der Waals surface area contributed by atoms with Gasteiger partial charge in [-0.25, -0.2) is 22.2 Å². The van der Waals surface area contributed by atoms with Crippen LogP contribution in [0.5, 0.6) is 0 Å². The number of aryl methyl sites for hydroxylation is 1. The molecule has 2 heterocycles. The fourth-order valence-corrected chi connectivity index (χ4v) is 3.68. The number of hydrogen-bond donors (Lipinski definition) is 1. The van der Waals surface area contributed by atoms with E-state index >= 15 is 0 Å². The van der Waals surface area contributed by atoms with Crippen molar-refractivity contribution in [3.63, 3.8) is 0 Å². The van der Waals surface area contributed by atoms with Crippen molar-refractivity contribution >= 4 is 27.0 Å². The molecule has 112 valence electrons. The number of rotatable bonds is 3. The van der Waals surface area contributed by atoms with Crippen LogP contribution in [0.15, 0.2) is 53.6 Å². The Kier molecular flexibility index (Phi) is 3.22. The van der Waals surface area contributed by atoms with E-state index in [2.05, 4.69) is 4.98 Å². The quantitative estimate of drug-likeness (QED) is 0.800. The van der Waals surface area contributed by atoms with Crippen molar-refractivity contribution in [3.05, 3.63) is 59.9 Å². The van der Waals surface area contributed by atoms with E-state index in [1.165, 1.54) is 24.4 Å². The first kappa shape index (κ1) is 14.3. The molecule has 3 rings (SSSR count). The summed E-state index contributed by atoms with van der Waals surface area (Å²) in [6.45, 7) is 1.84. The summed E-state index contributed by atoms with van der Waals surface area (Å²) in [4.78, 5) is 15.4. The highest BCUT2D eigenvalue weighted by Crippen LogP contribution is 2.24. The Balaban J connectivity index is 2.35. The van der Waals surface area contributed by atoms with Crippen LogP contribution in [0, 0.1) is 6.92 Å². The van der Waals surface area contributed by atoms with Crippen molar-refractivity contribution in [1.29, 1.82) is 0 Å².